The first kappa shape index (κ1) is 22.4. The van der Waals surface area contributed by atoms with Crippen molar-refractivity contribution in [2.75, 3.05) is 6.61 Å². The van der Waals surface area contributed by atoms with Crippen LogP contribution < -0.4 is 9.47 Å². The Morgan fingerprint density at radius 1 is 1.16 bits per heavy atom. The zero-order chi connectivity index (χ0) is 22.7. The molecule has 1 fully saturated rings. The molecule has 2 aromatic rings. The molecule has 3 rings (SSSR count). The average molecular weight is 432 g/mol. The molecule has 1 aliphatic heterocycles. The number of nitrogens with zero attached hydrogens (tertiary/aromatic N) is 2. The molecule has 164 valence electrons. The van der Waals surface area contributed by atoms with Gasteiger partial charge in [0.05, 0.1) is 29.2 Å². The number of aliphatic hydroxyl groups excluding tert-OH is 4. The van der Waals surface area contributed by atoms with Gasteiger partial charge in [0.2, 0.25) is 12.0 Å². The molecule has 0 bridgehead atoms. The Labute approximate surface area is 176 Å². The number of hydrogen-bond donors (Lipinski definition) is 4. The van der Waals surface area contributed by atoms with Crippen LogP contribution in [0.3, 0.4) is 0 Å². The molecule has 0 radical (unpaired) electrons. The van der Waals surface area contributed by atoms with E-state index in [0.29, 0.717) is 11.1 Å². The molecule has 1 aliphatic rings. The van der Waals surface area contributed by atoms with Crippen LogP contribution in [0.15, 0.2) is 36.4 Å². The minimum Gasteiger partial charge on any atom is -0.461 e. The van der Waals surface area contributed by atoms with E-state index in [4.69, 9.17) is 19.5 Å². The first-order valence-electron chi connectivity index (χ1n) is 9.19. The number of nitro groups is 1. The summed E-state index contributed by atoms with van der Waals surface area (Å²) in [7, 11) is 0. The van der Waals surface area contributed by atoms with E-state index in [1.54, 1.807) is 19.1 Å². The lowest BCUT2D eigenvalue weighted by molar-refractivity contribution is -0.385. The lowest BCUT2D eigenvalue weighted by atomic mass is 9.99. The zero-order valence-corrected chi connectivity index (χ0v) is 16.3. The maximum absolute atomic E-state index is 11.6. The Kier molecular flexibility index (Phi) is 6.69. The van der Waals surface area contributed by atoms with Crippen molar-refractivity contribution in [3.05, 3.63) is 57.6 Å². The topological polar surface area (TPSA) is 176 Å². The lowest BCUT2D eigenvalue weighted by Gasteiger charge is -2.39. The van der Waals surface area contributed by atoms with E-state index in [1.165, 1.54) is 18.2 Å². The summed E-state index contributed by atoms with van der Waals surface area (Å²) in [6.45, 7) is 0.931. The average Bonchev–Trinajstić information content (AvgIpc) is 2.75. The Morgan fingerprint density at radius 3 is 2.55 bits per heavy atom. The van der Waals surface area contributed by atoms with E-state index in [1.807, 2.05) is 6.07 Å². The molecule has 5 atom stereocenters. The van der Waals surface area contributed by atoms with Gasteiger partial charge in [-0.2, -0.15) is 5.26 Å². The van der Waals surface area contributed by atoms with Crippen molar-refractivity contribution < 1.29 is 39.6 Å². The summed E-state index contributed by atoms with van der Waals surface area (Å²) in [6.07, 6.45) is -7.56. The van der Waals surface area contributed by atoms with Gasteiger partial charge in [0.15, 0.2) is 0 Å². The van der Waals surface area contributed by atoms with Crippen LogP contribution in [0, 0.1) is 28.4 Å². The van der Waals surface area contributed by atoms with Crippen LogP contribution in [-0.4, -0.2) is 62.7 Å². The van der Waals surface area contributed by atoms with Crippen molar-refractivity contribution in [2.24, 2.45) is 0 Å². The lowest BCUT2D eigenvalue weighted by Crippen LogP contribution is -2.60. The van der Waals surface area contributed by atoms with Gasteiger partial charge in [0.25, 0.3) is 0 Å². The van der Waals surface area contributed by atoms with Crippen LogP contribution in [0.1, 0.15) is 11.1 Å². The first-order chi connectivity index (χ1) is 14.7. The van der Waals surface area contributed by atoms with Crippen LogP contribution in [-0.2, 0) is 4.74 Å². The van der Waals surface area contributed by atoms with Crippen LogP contribution in [0.5, 0.6) is 17.2 Å². The number of ether oxygens (including phenoxy) is 3. The molecule has 0 amide bonds. The SMILES string of the molecule is Cc1cc(Oc2cccc(C#N)c2)c([N+](=O)[O-])cc1O[C@H]1OC(CO)C(O)C(O)C1O. The van der Waals surface area contributed by atoms with Crippen molar-refractivity contribution in [3.8, 4) is 23.3 Å². The molecule has 0 spiro atoms. The zero-order valence-electron chi connectivity index (χ0n) is 16.3. The van der Waals surface area contributed by atoms with E-state index in [-0.39, 0.29) is 17.2 Å². The Bertz CT molecular complexity index is 1000. The third kappa shape index (κ3) is 4.74. The first-order valence-corrected chi connectivity index (χ1v) is 9.19. The molecule has 0 aliphatic carbocycles. The quantitative estimate of drug-likeness (QED) is 0.376. The molecular formula is C20H20N2O9. The van der Waals surface area contributed by atoms with Gasteiger partial charge < -0.3 is 34.6 Å². The standard InChI is InChI=1S/C20H20N2O9/c1-10-5-15(29-12-4-2-3-11(6-12)8-21)13(22(27)28)7-14(10)30-20-19(26)18(25)17(24)16(9-23)31-20/h2-7,16-20,23-26H,9H2,1H3/t16?,17?,18?,19?,20-/m0/s1. The van der Waals surface area contributed by atoms with E-state index in [9.17, 15) is 30.5 Å². The summed E-state index contributed by atoms with van der Waals surface area (Å²) in [5.41, 5.74) is 0.251. The van der Waals surface area contributed by atoms with Crippen molar-refractivity contribution >= 4 is 5.69 Å². The fraction of sp³-hybridized carbons (Fsp3) is 0.350. The number of rotatable bonds is 6. The third-order valence-electron chi connectivity index (χ3n) is 4.74. The fourth-order valence-corrected chi connectivity index (χ4v) is 3.05. The maximum atomic E-state index is 11.6. The molecule has 0 saturated carbocycles. The second-order valence-electron chi connectivity index (χ2n) is 6.90. The highest BCUT2D eigenvalue weighted by Crippen LogP contribution is 2.38. The molecule has 0 aromatic heterocycles. The monoisotopic (exact) mass is 432 g/mol. The molecule has 11 nitrogen and oxygen atoms in total. The number of aliphatic hydroxyl groups is 4. The van der Waals surface area contributed by atoms with E-state index in [0.717, 1.165) is 6.07 Å². The highest BCUT2D eigenvalue weighted by atomic mass is 16.7. The van der Waals surface area contributed by atoms with Crippen LogP contribution in [0.4, 0.5) is 5.69 Å². The van der Waals surface area contributed by atoms with Crippen LogP contribution >= 0.6 is 0 Å². The molecular weight excluding hydrogens is 412 g/mol. The normalized spacial score (nSPS) is 25.5. The Balaban J connectivity index is 1.90. The van der Waals surface area contributed by atoms with E-state index in [2.05, 4.69) is 0 Å². The Morgan fingerprint density at radius 2 is 1.90 bits per heavy atom. The van der Waals surface area contributed by atoms with Gasteiger partial charge in [-0.1, -0.05) is 6.07 Å². The van der Waals surface area contributed by atoms with Gasteiger partial charge in [-0.3, -0.25) is 10.1 Å². The van der Waals surface area contributed by atoms with Gasteiger partial charge in [-0.25, -0.2) is 0 Å². The molecule has 1 heterocycles. The molecule has 1 saturated heterocycles. The van der Waals surface area contributed by atoms with Gasteiger partial charge >= 0.3 is 5.69 Å². The number of hydrogen-bond acceptors (Lipinski definition) is 10. The summed E-state index contributed by atoms with van der Waals surface area (Å²) < 4.78 is 16.4. The maximum Gasteiger partial charge on any atom is 0.315 e. The number of aryl methyl sites for hydroxylation is 1. The summed E-state index contributed by atoms with van der Waals surface area (Å²) in [5, 5.41) is 59.7. The van der Waals surface area contributed by atoms with Crippen molar-refractivity contribution in [1.82, 2.24) is 0 Å². The molecule has 2 aromatic carbocycles. The predicted octanol–water partition coefficient (Wildman–Crippen LogP) is 0.746. The van der Waals surface area contributed by atoms with E-state index >= 15 is 0 Å². The summed E-state index contributed by atoms with van der Waals surface area (Å²) in [5.74, 6) is 0.0945. The minimum atomic E-state index is -1.67. The van der Waals surface area contributed by atoms with Gasteiger partial charge in [0, 0.05) is 0 Å². The second-order valence-corrected chi connectivity index (χ2v) is 6.90. The smallest absolute Gasteiger partial charge is 0.315 e. The molecule has 31 heavy (non-hydrogen) atoms. The van der Waals surface area contributed by atoms with Crippen LogP contribution in [0.25, 0.3) is 0 Å². The minimum absolute atomic E-state index is 0.0332. The summed E-state index contributed by atoms with van der Waals surface area (Å²) in [6, 6.07) is 10.5. The predicted molar refractivity (Wildman–Crippen MR) is 103 cm³/mol. The van der Waals surface area contributed by atoms with Crippen LogP contribution in [0.2, 0.25) is 0 Å². The number of benzene rings is 2. The molecule has 4 N–H and O–H groups in total. The van der Waals surface area contributed by atoms with Gasteiger partial charge in [-0.05, 0) is 36.8 Å². The van der Waals surface area contributed by atoms with Crippen molar-refractivity contribution in [2.45, 2.75) is 37.6 Å². The highest BCUT2D eigenvalue weighted by Gasteiger charge is 2.45. The fourth-order valence-electron chi connectivity index (χ4n) is 3.05. The largest absolute Gasteiger partial charge is 0.461 e. The van der Waals surface area contributed by atoms with Crippen molar-refractivity contribution in [1.29, 1.82) is 5.26 Å². The molecule has 4 unspecified atom stereocenters. The van der Waals surface area contributed by atoms with E-state index < -0.39 is 47.9 Å². The second kappa shape index (κ2) is 9.25. The van der Waals surface area contributed by atoms with Gasteiger partial charge in [0.1, 0.15) is 35.9 Å². The summed E-state index contributed by atoms with van der Waals surface area (Å²) >= 11 is 0. The third-order valence-corrected chi connectivity index (χ3v) is 4.74. The number of nitro benzene ring substituents is 1. The molecule has 11 heteroatoms. The van der Waals surface area contributed by atoms with Crippen molar-refractivity contribution in [3.63, 3.8) is 0 Å². The highest BCUT2D eigenvalue weighted by molar-refractivity contribution is 5.56. The summed E-state index contributed by atoms with van der Waals surface area (Å²) in [4.78, 5) is 10.9. The number of nitriles is 1. The Hall–Kier alpha value is -3.27. The van der Waals surface area contributed by atoms with Gasteiger partial charge in [-0.15, -0.1) is 0 Å².